The van der Waals surface area contributed by atoms with Crippen LogP contribution in [0.1, 0.15) is 22.3 Å². The van der Waals surface area contributed by atoms with Crippen molar-refractivity contribution in [3.05, 3.63) is 58.7 Å². The smallest absolute Gasteiger partial charge is 0.414 e. The molecular weight excluding hydrogens is 392 g/mol. The fourth-order valence-electron chi connectivity index (χ4n) is 1.77. The minimum absolute atomic E-state index is 0.280. The number of nitrogens with zero attached hydrogens (tertiary/aromatic N) is 4. The van der Waals surface area contributed by atoms with E-state index in [1.54, 1.807) is 36.4 Å². The summed E-state index contributed by atoms with van der Waals surface area (Å²) in [7, 11) is 0. The van der Waals surface area contributed by atoms with Gasteiger partial charge in [0.05, 0.1) is 33.6 Å². The van der Waals surface area contributed by atoms with Gasteiger partial charge in [-0.3, -0.25) is 11.7 Å². The van der Waals surface area contributed by atoms with Crippen LogP contribution in [0.2, 0.25) is 0 Å². The number of hydrogen-bond acceptors (Lipinski definition) is 10. The van der Waals surface area contributed by atoms with Crippen LogP contribution in [0.5, 0.6) is 0 Å². The third-order valence-corrected chi connectivity index (χ3v) is 3.09. The number of rotatable bonds is 2. The number of carboxylic acid groups (broad SMARTS) is 2. The van der Waals surface area contributed by atoms with Gasteiger partial charge in [-0.15, -0.1) is 0 Å². The Morgan fingerprint density at radius 3 is 1.23 bits per heavy atom. The Morgan fingerprint density at radius 1 is 0.700 bits per heavy atom. The number of anilines is 2. The number of hydrogen-bond donors (Lipinski definition) is 6. The van der Waals surface area contributed by atoms with E-state index < -0.39 is 11.9 Å². The normalized spacial score (nSPS) is 8.07. The Bertz CT molecular complexity index is 1000. The van der Waals surface area contributed by atoms with Crippen molar-refractivity contribution in [3.8, 4) is 24.3 Å². The number of benzene rings is 2. The number of hydrazine groups is 2. The lowest BCUT2D eigenvalue weighted by atomic mass is 10.1. The molecule has 0 spiro atoms. The molecule has 0 bridgehead atoms. The molecule has 0 aromatic heterocycles. The van der Waals surface area contributed by atoms with Crippen LogP contribution in [0.4, 0.5) is 11.4 Å². The minimum Gasteiger partial charge on any atom is -0.473 e. The van der Waals surface area contributed by atoms with Crippen molar-refractivity contribution in [2.75, 3.05) is 10.9 Å². The molecule has 0 aliphatic carbocycles. The first kappa shape index (κ1) is 24.9. The number of carboxylic acids is 2. The molecule has 12 nitrogen and oxygen atoms in total. The second kappa shape index (κ2) is 13.1. The van der Waals surface area contributed by atoms with Crippen LogP contribution in [-0.2, 0) is 9.59 Å². The molecule has 2 aromatic rings. The molecule has 0 saturated carbocycles. The fourth-order valence-corrected chi connectivity index (χ4v) is 1.77. The lowest BCUT2D eigenvalue weighted by Gasteiger charge is -2.02. The maximum absolute atomic E-state index is 9.10. The average Bonchev–Trinajstić information content (AvgIpc) is 2.78. The van der Waals surface area contributed by atoms with E-state index in [-0.39, 0.29) is 11.1 Å². The second-order valence-electron chi connectivity index (χ2n) is 4.80. The van der Waals surface area contributed by atoms with E-state index in [1.807, 2.05) is 24.3 Å². The highest BCUT2D eigenvalue weighted by molar-refractivity contribution is 6.27. The molecule has 0 saturated heterocycles. The van der Waals surface area contributed by atoms with Gasteiger partial charge in [0.1, 0.15) is 24.3 Å². The van der Waals surface area contributed by atoms with Crippen LogP contribution < -0.4 is 22.5 Å². The topological polar surface area (TPSA) is 246 Å². The minimum atomic E-state index is -1.82. The van der Waals surface area contributed by atoms with E-state index in [1.165, 1.54) is 0 Å². The lowest BCUT2D eigenvalue weighted by Crippen LogP contribution is -2.09. The molecule has 8 N–H and O–H groups in total. The van der Waals surface area contributed by atoms with Gasteiger partial charge in [0.2, 0.25) is 0 Å². The number of carbonyl (C=O) groups is 2. The lowest BCUT2D eigenvalue weighted by molar-refractivity contribution is -0.159. The molecule has 0 aliphatic heterocycles. The molecule has 0 heterocycles. The highest BCUT2D eigenvalue weighted by Crippen LogP contribution is 2.17. The molecule has 0 amide bonds. The monoisotopic (exact) mass is 406 g/mol. The van der Waals surface area contributed by atoms with Crippen LogP contribution in [0.25, 0.3) is 0 Å². The van der Waals surface area contributed by atoms with Gasteiger partial charge in [0, 0.05) is 0 Å². The number of aliphatic carboxylic acids is 2. The number of nitrogen functional groups attached to an aromatic ring is 2. The van der Waals surface area contributed by atoms with Crippen molar-refractivity contribution in [2.24, 2.45) is 11.7 Å². The van der Waals surface area contributed by atoms with Gasteiger partial charge in [-0.25, -0.2) is 9.59 Å². The van der Waals surface area contributed by atoms with Gasteiger partial charge in [-0.05, 0) is 24.3 Å². The molecule has 2 aromatic carbocycles. The summed E-state index contributed by atoms with van der Waals surface area (Å²) in [5.74, 6) is 6.63. The predicted octanol–water partition coefficient (Wildman–Crippen LogP) is 0.587. The fraction of sp³-hybridized carbons (Fsp3) is 0. The Balaban J connectivity index is 0.000000447. The van der Waals surface area contributed by atoms with Gasteiger partial charge in [0.25, 0.3) is 0 Å². The average molecular weight is 406 g/mol. The van der Waals surface area contributed by atoms with Crippen molar-refractivity contribution >= 4 is 23.3 Å². The standard InChI is InChI=1S/2C8H6N4.C2H2O4/c2*9-4-6-2-1-3-8(12-11)7(6)5-10;3-1(4)2(5)6/h2*1-3,12H,11H2;(H,3,4)(H,5,6). The Hall–Kier alpha value is -5.14. The maximum atomic E-state index is 9.10. The zero-order valence-electron chi connectivity index (χ0n) is 15.1. The van der Waals surface area contributed by atoms with E-state index in [0.29, 0.717) is 22.5 Å². The van der Waals surface area contributed by atoms with E-state index in [4.69, 9.17) is 52.5 Å². The van der Waals surface area contributed by atoms with Crippen molar-refractivity contribution < 1.29 is 19.8 Å². The SMILES string of the molecule is N#Cc1cccc(NN)c1C#N.N#Cc1cccc(NN)c1C#N.O=C(O)C(=O)O. The Labute approximate surface area is 170 Å². The summed E-state index contributed by atoms with van der Waals surface area (Å²) >= 11 is 0. The number of nitrogens with two attached hydrogens (primary N) is 2. The molecule has 30 heavy (non-hydrogen) atoms. The van der Waals surface area contributed by atoms with E-state index in [9.17, 15) is 0 Å². The largest absolute Gasteiger partial charge is 0.473 e. The maximum Gasteiger partial charge on any atom is 0.414 e. The van der Waals surface area contributed by atoms with E-state index in [0.717, 1.165) is 0 Å². The Morgan fingerprint density at radius 2 is 1.03 bits per heavy atom. The van der Waals surface area contributed by atoms with Crippen LogP contribution >= 0.6 is 0 Å². The van der Waals surface area contributed by atoms with Gasteiger partial charge in [0.15, 0.2) is 0 Å². The van der Waals surface area contributed by atoms with Gasteiger partial charge >= 0.3 is 11.9 Å². The number of nitrogens with one attached hydrogen (secondary N) is 2. The highest BCUT2D eigenvalue weighted by Gasteiger charge is 2.06. The molecule has 150 valence electrons. The summed E-state index contributed by atoms with van der Waals surface area (Å²) in [6.07, 6.45) is 0. The molecular formula is C18H14N8O4. The first-order valence-corrected chi connectivity index (χ1v) is 7.57. The summed E-state index contributed by atoms with van der Waals surface area (Å²) in [4.78, 5) is 18.2. The highest BCUT2D eigenvalue weighted by atomic mass is 16.4. The Kier molecular flexibility index (Phi) is 10.8. The molecule has 0 unspecified atom stereocenters. The zero-order valence-corrected chi connectivity index (χ0v) is 15.1. The summed E-state index contributed by atoms with van der Waals surface area (Å²) < 4.78 is 0. The first-order valence-electron chi connectivity index (χ1n) is 7.57. The van der Waals surface area contributed by atoms with Crippen molar-refractivity contribution in [3.63, 3.8) is 0 Å². The molecule has 0 fully saturated rings. The van der Waals surface area contributed by atoms with Crippen molar-refractivity contribution in [1.82, 2.24) is 0 Å². The van der Waals surface area contributed by atoms with Gasteiger partial charge < -0.3 is 21.1 Å². The van der Waals surface area contributed by atoms with Crippen LogP contribution in [0, 0.1) is 45.3 Å². The summed E-state index contributed by atoms with van der Waals surface area (Å²) in [5.41, 5.74) is 6.85. The van der Waals surface area contributed by atoms with Crippen LogP contribution in [0.15, 0.2) is 36.4 Å². The molecule has 12 heteroatoms. The van der Waals surface area contributed by atoms with Crippen LogP contribution in [0.3, 0.4) is 0 Å². The quantitative estimate of drug-likeness (QED) is 0.228. The molecule has 0 radical (unpaired) electrons. The first-order chi connectivity index (χ1) is 14.3. The second-order valence-corrected chi connectivity index (χ2v) is 4.80. The summed E-state index contributed by atoms with van der Waals surface area (Å²) in [5, 5.41) is 49.3. The van der Waals surface area contributed by atoms with Gasteiger partial charge in [-0.1, -0.05) is 12.1 Å². The van der Waals surface area contributed by atoms with Gasteiger partial charge in [-0.2, -0.15) is 21.0 Å². The van der Waals surface area contributed by atoms with E-state index in [2.05, 4.69) is 10.9 Å². The predicted molar refractivity (Wildman–Crippen MR) is 103 cm³/mol. The summed E-state index contributed by atoms with van der Waals surface area (Å²) in [6, 6.07) is 17.3. The van der Waals surface area contributed by atoms with Crippen LogP contribution in [-0.4, -0.2) is 22.2 Å². The molecule has 0 aliphatic rings. The van der Waals surface area contributed by atoms with Crippen molar-refractivity contribution in [1.29, 1.82) is 21.0 Å². The van der Waals surface area contributed by atoms with E-state index >= 15 is 0 Å². The third-order valence-electron chi connectivity index (χ3n) is 3.09. The summed E-state index contributed by atoms with van der Waals surface area (Å²) in [6.45, 7) is 0. The zero-order chi connectivity index (χ0) is 23.1. The number of nitriles is 4. The molecule has 2 rings (SSSR count). The van der Waals surface area contributed by atoms with Crippen molar-refractivity contribution in [2.45, 2.75) is 0 Å². The molecule has 0 atom stereocenters. The third kappa shape index (κ3) is 7.23.